The molecule has 0 fully saturated rings. The fourth-order valence-corrected chi connectivity index (χ4v) is 3.62. The standard InChI is InChI=1S/C17H29ClN2S/c1-6-10-19-13(3)14-8-9-17(16(18)11-14)20(4)15(7-2)12-21-5/h8-9,11,13,15,19H,6-7,10,12H2,1-5H3. The molecule has 0 aliphatic heterocycles. The van der Waals surface area contributed by atoms with Gasteiger partial charge in [-0.25, -0.2) is 0 Å². The van der Waals surface area contributed by atoms with Gasteiger partial charge >= 0.3 is 0 Å². The largest absolute Gasteiger partial charge is 0.370 e. The van der Waals surface area contributed by atoms with Crippen LogP contribution in [0.1, 0.15) is 45.2 Å². The van der Waals surface area contributed by atoms with Gasteiger partial charge in [-0.05, 0) is 50.3 Å². The summed E-state index contributed by atoms with van der Waals surface area (Å²) in [6.07, 6.45) is 4.43. The maximum atomic E-state index is 6.53. The van der Waals surface area contributed by atoms with E-state index < -0.39 is 0 Å². The first-order valence-corrected chi connectivity index (χ1v) is 9.56. The van der Waals surface area contributed by atoms with Gasteiger partial charge in [0.15, 0.2) is 0 Å². The predicted octanol–water partition coefficient (Wildman–Crippen LogP) is 4.98. The van der Waals surface area contributed by atoms with E-state index in [4.69, 9.17) is 11.6 Å². The molecular formula is C17H29ClN2S. The second-order valence-electron chi connectivity index (χ2n) is 5.51. The van der Waals surface area contributed by atoms with Crippen LogP contribution in [-0.2, 0) is 0 Å². The van der Waals surface area contributed by atoms with E-state index in [0.29, 0.717) is 12.1 Å². The molecule has 0 radical (unpaired) electrons. The van der Waals surface area contributed by atoms with Crippen LogP contribution in [0.25, 0.3) is 0 Å². The fraction of sp³-hybridized carbons (Fsp3) is 0.647. The molecule has 2 nitrogen and oxygen atoms in total. The first-order chi connectivity index (χ1) is 10.0. The van der Waals surface area contributed by atoms with Gasteiger partial charge in [-0.2, -0.15) is 11.8 Å². The minimum Gasteiger partial charge on any atom is -0.370 e. The third-order valence-corrected chi connectivity index (χ3v) is 4.95. The van der Waals surface area contributed by atoms with Gasteiger partial charge < -0.3 is 10.2 Å². The maximum absolute atomic E-state index is 6.53. The number of hydrogen-bond acceptors (Lipinski definition) is 3. The highest BCUT2D eigenvalue weighted by molar-refractivity contribution is 7.98. The van der Waals surface area contributed by atoms with Crippen LogP contribution >= 0.6 is 23.4 Å². The van der Waals surface area contributed by atoms with Crippen LogP contribution in [0.4, 0.5) is 5.69 Å². The zero-order valence-electron chi connectivity index (χ0n) is 13.9. The van der Waals surface area contributed by atoms with Gasteiger partial charge in [-0.15, -0.1) is 0 Å². The molecule has 2 atom stereocenters. The Morgan fingerprint density at radius 3 is 2.57 bits per heavy atom. The molecule has 0 spiro atoms. The van der Waals surface area contributed by atoms with E-state index in [0.717, 1.165) is 35.8 Å². The van der Waals surface area contributed by atoms with E-state index >= 15 is 0 Å². The summed E-state index contributed by atoms with van der Waals surface area (Å²) in [5.74, 6) is 1.12. The molecule has 1 rings (SSSR count). The lowest BCUT2D eigenvalue weighted by molar-refractivity contribution is 0.570. The summed E-state index contributed by atoms with van der Waals surface area (Å²) in [4.78, 5) is 2.31. The molecule has 0 saturated heterocycles. The molecule has 0 amide bonds. The molecule has 120 valence electrons. The van der Waals surface area contributed by atoms with Gasteiger partial charge in [0.1, 0.15) is 0 Å². The van der Waals surface area contributed by atoms with E-state index in [-0.39, 0.29) is 0 Å². The van der Waals surface area contributed by atoms with Crippen molar-refractivity contribution in [1.29, 1.82) is 0 Å². The molecule has 0 aromatic heterocycles. The number of anilines is 1. The van der Waals surface area contributed by atoms with Gasteiger partial charge in [-0.1, -0.05) is 31.5 Å². The molecule has 0 bridgehead atoms. The van der Waals surface area contributed by atoms with E-state index in [9.17, 15) is 0 Å². The number of hydrogen-bond donors (Lipinski definition) is 1. The number of nitrogens with one attached hydrogen (secondary N) is 1. The second-order valence-corrected chi connectivity index (χ2v) is 6.83. The Morgan fingerprint density at radius 1 is 1.33 bits per heavy atom. The van der Waals surface area contributed by atoms with Crippen LogP contribution < -0.4 is 10.2 Å². The molecule has 21 heavy (non-hydrogen) atoms. The van der Waals surface area contributed by atoms with Crippen molar-refractivity contribution in [1.82, 2.24) is 5.32 Å². The van der Waals surface area contributed by atoms with Crippen molar-refractivity contribution in [2.45, 2.75) is 45.7 Å². The summed E-state index contributed by atoms with van der Waals surface area (Å²) in [7, 11) is 2.14. The Kier molecular flexibility index (Phi) is 8.53. The summed E-state index contributed by atoms with van der Waals surface area (Å²) in [6.45, 7) is 7.64. The molecule has 1 N–H and O–H groups in total. The van der Waals surface area contributed by atoms with Gasteiger partial charge in [-0.3, -0.25) is 0 Å². The van der Waals surface area contributed by atoms with Crippen LogP contribution in [0, 0.1) is 0 Å². The van der Waals surface area contributed by atoms with E-state index in [1.165, 1.54) is 5.56 Å². The number of benzene rings is 1. The van der Waals surface area contributed by atoms with Gasteiger partial charge in [0.2, 0.25) is 0 Å². The van der Waals surface area contributed by atoms with Crippen molar-refractivity contribution >= 4 is 29.1 Å². The van der Waals surface area contributed by atoms with Crippen LogP contribution in [0.3, 0.4) is 0 Å². The fourth-order valence-electron chi connectivity index (χ4n) is 2.45. The van der Waals surface area contributed by atoms with Crippen LogP contribution in [0.5, 0.6) is 0 Å². The minimum atomic E-state index is 0.343. The first kappa shape index (κ1) is 18.7. The van der Waals surface area contributed by atoms with Crippen LogP contribution in [-0.4, -0.2) is 31.6 Å². The summed E-state index contributed by atoms with van der Waals surface area (Å²) < 4.78 is 0. The molecule has 0 aliphatic rings. The lowest BCUT2D eigenvalue weighted by atomic mass is 10.1. The molecular weight excluding hydrogens is 300 g/mol. The highest BCUT2D eigenvalue weighted by Crippen LogP contribution is 2.30. The first-order valence-electron chi connectivity index (χ1n) is 7.79. The molecule has 4 heteroatoms. The third-order valence-electron chi connectivity index (χ3n) is 3.93. The summed E-state index contributed by atoms with van der Waals surface area (Å²) in [5, 5.41) is 4.35. The molecule has 0 aliphatic carbocycles. The molecule has 0 saturated carbocycles. The van der Waals surface area contributed by atoms with Crippen molar-refractivity contribution < 1.29 is 0 Å². The Morgan fingerprint density at radius 2 is 2.05 bits per heavy atom. The zero-order valence-corrected chi connectivity index (χ0v) is 15.5. The lowest BCUT2D eigenvalue weighted by Gasteiger charge is -2.30. The van der Waals surface area contributed by atoms with Gasteiger partial charge in [0.25, 0.3) is 0 Å². The van der Waals surface area contributed by atoms with Crippen LogP contribution in [0.15, 0.2) is 18.2 Å². The van der Waals surface area contributed by atoms with E-state index in [2.05, 4.69) is 62.5 Å². The minimum absolute atomic E-state index is 0.343. The van der Waals surface area contributed by atoms with E-state index in [1.54, 1.807) is 0 Å². The van der Waals surface area contributed by atoms with Crippen LogP contribution in [0.2, 0.25) is 5.02 Å². The topological polar surface area (TPSA) is 15.3 Å². The van der Waals surface area contributed by atoms with Crippen molar-refractivity contribution in [2.75, 3.05) is 30.5 Å². The summed E-state index contributed by atoms with van der Waals surface area (Å²) in [6, 6.07) is 7.32. The predicted molar refractivity (Wildman–Crippen MR) is 99.0 cm³/mol. The smallest absolute Gasteiger partial charge is 0.0642 e. The quantitative estimate of drug-likeness (QED) is 0.688. The number of rotatable bonds is 9. The molecule has 0 heterocycles. The highest BCUT2D eigenvalue weighted by atomic mass is 35.5. The lowest BCUT2D eigenvalue weighted by Crippen LogP contribution is -2.33. The van der Waals surface area contributed by atoms with Crippen molar-refractivity contribution in [2.24, 2.45) is 0 Å². The average molecular weight is 329 g/mol. The summed E-state index contributed by atoms with van der Waals surface area (Å²) >= 11 is 8.41. The average Bonchev–Trinajstić information content (AvgIpc) is 2.49. The number of thioether (sulfide) groups is 1. The van der Waals surface area contributed by atoms with Crippen molar-refractivity contribution in [3.05, 3.63) is 28.8 Å². The highest BCUT2D eigenvalue weighted by Gasteiger charge is 2.16. The third kappa shape index (κ3) is 5.39. The SMILES string of the molecule is CCCNC(C)c1ccc(N(C)C(CC)CSC)c(Cl)c1. The second kappa shape index (κ2) is 9.60. The Hall–Kier alpha value is -0.380. The van der Waals surface area contributed by atoms with Crippen molar-refractivity contribution in [3.8, 4) is 0 Å². The molecule has 2 unspecified atom stereocenters. The zero-order chi connectivity index (χ0) is 15.8. The Bertz CT molecular complexity index is 425. The number of halogens is 1. The Labute approximate surface area is 139 Å². The van der Waals surface area contributed by atoms with Gasteiger partial charge in [0.05, 0.1) is 10.7 Å². The molecule has 1 aromatic rings. The van der Waals surface area contributed by atoms with Crippen molar-refractivity contribution in [3.63, 3.8) is 0 Å². The normalized spacial score (nSPS) is 14.0. The summed E-state index contributed by atoms with van der Waals surface area (Å²) in [5.41, 5.74) is 2.38. The van der Waals surface area contributed by atoms with Gasteiger partial charge in [0, 0.05) is 24.9 Å². The molecule has 1 aromatic carbocycles. The number of nitrogens with zero attached hydrogens (tertiary/aromatic N) is 1. The maximum Gasteiger partial charge on any atom is 0.0642 e. The van der Waals surface area contributed by atoms with E-state index in [1.807, 2.05) is 11.8 Å². The monoisotopic (exact) mass is 328 g/mol. The Balaban J connectivity index is 2.86.